The number of halogens is 1. The highest BCUT2D eigenvalue weighted by atomic mass is 19.1. The molecule has 0 bridgehead atoms. The molecule has 16 heavy (non-hydrogen) atoms. The van der Waals surface area contributed by atoms with Crippen LogP contribution in [0, 0.1) is 5.82 Å². The Bertz CT molecular complexity index is 551. The van der Waals surface area contributed by atoms with Crippen molar-refractivity contribution in [3.8, 4) is 11.3 Å². The lowest BCUT2D eigenvalue weighted by atomic mass is 10.1. The van der Waals surface area contributed by atoms with Gasteiger partial charge in [-0.15, -0.1) is 0 Å². The number of hydrogen-bond acceptors (Lipinski definition) is 4. The number of carbonyl (C=O) groups is 1. The predicted octanol–water partition coefficient (Wildman–Crippen LogP) is 1.76. The van der Waals surface area contributed by atoms with Crippen molar-refractivity contribution in [3.05, 3.63) is 35.8 Å². The van der Waals surface area contributed by atoms with E-state index in [1.54, 1.807) is 0 Å². The highest BCUT2D eigenvalue weighted by Crippen LogP contribution is 2.23. The van der Waals surface area contributed by atoms with E-state index < -0.39 is 11.8 Å². The van der Waals surface area contributed by atoms with Crippen LogP contribution in [-0.4, -0.2) is 16.2 Å². The van der Waals surface area contributed by atoms with Crippen molar-refractivity contribution in [1.82, 2.24) is 5.16 Å². The number of aromatic carboxylic acids is 1. The number of rotatable bonds is 2. The van der Waals surface area contributed by atoms with Crippen molar-refractivity contribution in [2.24, 2.45) is 0 Å². The molecule has 6 heteroatoms. The maximum Gasteiger partial charge on any atom is 0.358 e. The van der Waals surface area contributed by atoms with Gasteiger partial charge in [0.25, 0.3) is 0 Å². The quantitative estimate of drug-likeness (QED) is 0.755. The van der Waals surface area contributed by atoms with Crippen LogP contribution >= 0.6 is 0 Å². The third-order valence-electron chi connectivity index (χ3n) is 2.01. The molecule has 2 rings (SSSR count). The molecule has 0 amide bonds. The zero-order valence-corrected chi connectivity index (χ0v) is 7.98. The molecule has 0 radical (unpaired) electrons. The first-order valence-electron chi connectivity index (χ1n) is 4.33. The molecule has 0 aliphatic rings. The van der Waals surface area contributed by atoms with E-state index in [0.717, 1.165) is 0 Å². The molecular weight excluding hydrogens is 215 g/mol. The second-order valence-corrected chi connectivity index (χ2v) is 3.12. The molecule has 0 fully saturated rings. The molecule has 1 heterocycles. The van der Waals surface area contributed by atoms with Crippen LogP contribution in [0.4, 0.5) is 10.1 Å². The van der Waals surface area contributed by atoms with Gasteiger partial charge in [0, 0.05) is 11.6 Å². The highest BCUT2D eigenvalue weighted by molar-refractivity contribution is 5.86. The molecule has 0 spiro atoms. The largest absolute Gasteiger partial charge is 0.476 e. The fourth-order valence-corrected chi connectivity index (χ4v) is 1.21. The van der Waals surface area contributed by atoms with Crippen LogP contribution in [0.25, 0.3) is 11.3 Å². The van der Waals surface area contributed by atoms with Crippen LogP contribution in [0.1, 0.15) is 10.5 Å². The van der Waals surface area contributed by atoms with E-state index in [1.807, 2.05) is 0 Å². The zero-order valence-electron chi connectivity index (χ0n) is 7.98. The van der Waals surface area contributed by atoms with Gasteiger partial charge < -0.3 is 15.4 Å². The molecule has 0 saturated carbocycles. The Kier molecular flexibility index (Phi) is 2.32. The summed E-state index contributed by atoms with van der Waals surface area (Å²) in [5.74, 6) is -1.50. The van der Waals surface area contributed by atoms with E-state index in [9.17, 15) is 9.18 Å². The number of nitrogens with two attached hydrogens (primary N) is 1. The molecule has 3 N–H and O–H groups in total. The van der Waals surface area contributed by atoms with Gasteiger partial charge in [-0.2, -0.15) is 0 Å². The average molecular weight is 222 g/mol. The molecular formula is C10H7FN2O3. The summed E-state index contributed by atoms with van der Waals surface area (Å²) in [5.41, 5.74) is 5.60. The average Bonchev–Trinajstić information content (AvgIpc) is 2.71. The first-order valence-corrected chi connectivity index (χ1v) is 4.33. The van der Waals surface area contributed by atoms with Crippen LogP contribution in [0.3, 0.4) is 0 Å². The molecule has 0 atom stereocenters. The van der Waals surface area contributed by atoms with Crippen molar-refractivity contribution in [2.45, 2.75) is 0 Å². The number of aromatic nitrogens is 1. The molecule has 2 aromatic rings. The number of hydrogen-bond donors (Lipinski definition) is 2. The molecule has 0 saturated heterocycles. The number of nitrogens with zero attached hydrogens (tertiary/aromatic N) is 1. The van der Waals surface area contributed by atoms with E-state index in [4.69, 9.17) is 15.4 Å². The van der Waals surface area contributed by atoms with E-state index in [0.29, 0.717) is 5.56 Å². The highest BCUT2D eigenvalue weighted by Gasteiger charge is 2.12. The monoisotopic (exact) mass is 222 g/mol. The third-order valence-corrected chi connectivity index (χ3v) is 2.01. The number of carboxylic acid groups (broad SMARTS) is 1. The fourth-order valence-electron chi connectivity index (χ4n) is 1.21. The minimum absolute atomic E-state index is 0.0363. The van der Waals surface area contributed by atoms with Gasteiger partial charge >= 0.3 is 5.97 Å². The number of nitrogen functional groups attached to an aromatic ring is 1. The summed E-state index contributed by atoms with van der Waals surface area (Å²) in [6.45, 7) is 0. The van der Waals surface area contributed by atoms with Crippen LogP contribution in [0.15, 0.2) is 28.8 Å². The lowest BCUT2D eigenvalue weighted by molar-refractivity contribution is 0.0686. The van der Waals surface area contributed by atoms with Gasteiger partial charge in [0.05, 0.1) is 5.69 Å². The topological polar surface area (TPSA) is 89.4 Å². The summed E-state index contributed by atoms with van der Waals surface area (Å²) in [5, 5.41) is 12.0. The number of carboxylic acids is 1. The summed E-state index contributed by atoms with van der Waals surface area (Å²) >= 11 is 0. The van der Waals surface area contributed by atoms with E-state index in [2.05, 4.69) is 5.16 Å². The predicted molar refractivity (Wildman–Crippen MR) is 53.3 cm³/mol. The standard InChI is InChI=1S/C10H7FN2O3/c11-6-2-1-5(3-7(6)12)9-4-8(10(14)15)13-16-9/h1-4H,12H2,(H,14,15). The smallest absolute Gasteiger partial charge is 0.358 e. The first-order chi connectivity index (χ1) is 7.58. The summed E-state index contributed by atoms with van der Waals surface area (Å²) < 4.78 is 17.7. The molecule has 5 nitrogen and oxygen atoms in total. The minimum atomic E-state index is -1.19. The second kappa shape index (κ2) is 3.65. The molecule has 0 unspecified atom stereocenters. The van der Waals surface area contributed by atoms with Crippen LogP contribution < -0.4 is 5.73 Å². The van der Waals surface area contributed by atoms with Gasteiger partial charge in [0.2, 0.25) is 0 Å². The Morgan fingerprint density at radius 2 is 2.19 bits per heavy atom. The lowest BCUT2D eigenvalue weighted by Gasteiger charge is -1.98. The van der Waals surface area contributed by atoms with Gasteiger partial charge in [-0.3, -0.25) is 0 Å². The van der Waals surface area contributed by atoms with E-state index in [-0.39, 0.29) is 17.1 Å². The van der Waals surface area contributed by atoms with Crippen molar-refractivity contribution >= 4 is 11.7 Å². The SMILES string of the molecule is Nc1cc(-c2cc(C(=O)O)no2)ccc1F. The molecule has 1 aromatic heterocycles. The van der Waals surface area contributed by atoms with Crippen LogP contribution in [-0.2, 0) is 0 Å². The Morgan fingerprint density at radius 3 is 2.75 bits per heavy atom. The summed E-state index contributed by atoms with van der Waals surface area (Å²) in [6.07, 6.45) is 0. The third kappa shape index (κ3) is 1.72. The number of benzene rings is 1. The van der Waals surface area contributed by atoms with E-state index >= 15 is 0 Å². The molecule has 0 aliphatic heterocycles. The summed E-state index contributed by atoms with van der Waals surface area (Å²) in [4.78, 5) is 10.6. The minimum Gasteiger partial charge on any atom is -0.476 e. The Hall–Kier alpha value is -2.37. The van der Waals surface area contributed by atoms with Crippen LogP contribution in [0.2, 0.25) is 0 Å². The molecule has 1 aromatic carbocycles. The Morgan fingerprint density at radius 1 is 1.44 bits per heavy atom. The van der Waals surface area contributed by atoms with Crippen molar-refractivity contribution in [3.63, 3.8) is 0 Å². The number of anilines is 1. The van der Waals surface area contributed by atoms with Crippen molar-refractivity contribution < 1.29 is 18.8 Å². The van der Waals surface area contributed by atoms with Crippen LogP contribution in [0.5, 0.6) is 0 Å². The zero-order chi connectivity index (χ0) is 11.7. The van der Waals surface area contributed by atoms with Crippen molar-refractivity contribution in [1.29, 1.82) is 0 Å². The van der Waals surface area contributed by atoms with Gasteiger partial charge in [0.15, 0.2) is 11.5 Å². The maximum absolute atomic E-state index is 12.9. The van der Waals surface area contributed by atoms with Gasteiger partial charge in [0.1, 0.15) is 5.82 Å². The summed E-state index contributed by atoms with van der Waals surface area (Å²) in [7, 11) is 0. The molecule has 82 valence electrons. The van der Waals surface area contributed by atoms with Gasteiger partial charge in [-0.05, 0) is 18.2 Å². The van der Waals surface area contributed by atoms with E-state index in [1.165, 1.54) is 24.3 Å². The Labute approximate surface area is 89.3 Å². The van der Waals surface area contributed by atoms with Gasteiger partial charge in [-0.25, -0.2) is 9.18 Å². The second-order valence-electron chi connectivity index (χ2n) is 3.12. The van der Waals surface area contributed by atoms with Crippen molar-refractivity contribution in [2.75, 3.05) is 5.73 Å². The normalized spacial score (nSPS) is 10.3. The Balaban J connectivity index is 2.42. The fraction of sp³-hybridized carbons (Fsp3) is 0. The maximum atomic E-state index is 12.9. The lowest BCUT2D eigenvalue weighted by Crippen LogP contribution is -1.94. The summed E-state index contributed by atoms with van der Waals surface area (Å²) in [6, 6.07) is 5.20. The molecule has 0 aliphatic carbocycles. The van der Waals surface area contributed by atoms with Gasteiger partial charge in [-0.1, -0.05) is 5.16 Å². The first kappa shape index (κ1) is 10.2.